The lowest BCUT2D eigenvalue weighted by Crippen LogP contribution is -2.21. The summed E-state index contributed by atoms with van der Waals surface area (Å²) in [7, 11) is 2.04. The summed E-state index contributed by atoms with van der Waals surface area (Å²) in [5.41, 5.74) is 0. The van der Waals surface area contributed by atoms with Gasteiger partial charge in [-0.2, -0.15) is 0 Å². The second-order valence-electron chi connectivity index (χ2n) is 4.76. The van der Waals surface area contributed by atoms with E-state index in [1.807, 2.05) is 7.05 Å². The first kappa shape index (κ1) is 14.9. The first-order chi connectivity index (χ1) is 7.20. The SMILES string of the molecule is CCCNCCC(C)CCCC(C)NC. The first-order valence-electron chi connectivity index (χ1n) is 6.58. The standard InChI is InChI=1S/C13H30N2/c1-5-10-15-11-9-12(2)7-6-8-13(3)14-4/h12-15H,5-11H2,1-4H3. The van der Waals surface area contributed by atoms with Crippen molar-refractivity contribution in [3.63, 3.8) is 0 Å². The molecule has 0 radical (unpaired) electrons. The van der Waals surface area contributed by atoms with E-state index in [1.54, 1.807) is 0 Å². The zero-order valence-electron chi connectivity index (χ0n) is 11.1. The van der Waals surface area contributed by atoms with Crippen molar-refractivity contribution in [2.24, 2.45) is 5.92 Å². The van der Waals surface area contributed by atoms with Crippen molar-refractivity contribution in [1.29, 1.82) is 0 Å². The predicted octanol–water partition coefficient (Wildman–Crippen LogP) is 2.79. The maximum absolute atomic E-state index is 3.46. The van der Waals surface area contributed by atoms with E-state index in [4.69, 9.17) is 0 Å². The van der Waals surface area contributed by atoms with Gasteiger partial charge < -0.3 is 10.6 Å². The van der Waals surface area contributed by atoms with Crippen LogP contribution in [0, 0.1) is 5.92 Å². The highest BCUT2D eigenvalue weighted by molar-refractivity contribution is 4.61. The van der Waals surface area contributed by atoms with E-state index in [9.17, 15) is 0 Å². The van der Waals surface area contributed by atoms with E-state index in [0.717, 1.165) is 5.92 Å². The molecule has 0 saturated heterocycles. The van der Waals surface area contributed by atoms with Crippen LogP contribution < -0.4 is 10.6 Å². The summed E-state index contributed by atoms with van der Waals surface area (Å²) >= 11 is 0. The van der Waals surface area contributed by atoms with Gasteiger partial charge in [0.25, 0.3) is 0 Å². The molecule has 0 aromatic heterocycles. The highest BCUT2D eigenvalue weighted by Crippen LogP contribution is 2.12. The van der Waals surface area contributed by atoms with Crippen LogP contribution in [0.2, 0.25) is 0 Å². The van der Waals surface area contributed by atoms with Crippen molar-refractivity contribution in [2.45, 2.75) is 58.9 Å². The van der Waals surface area contributed by atoms with Gasteiger partial charge >= 0.3 is 0 Å². The van der Waals surface area contributed by atoms with Crippen molar-refractivity contribution in [1.82, 2.24) is 10.6 Å². The van der Waals surface area contributed by atoms with Crippen molar-refractivity contribution in [3.05, 3.63) is 0 Å². The minimum absolute atomic E-state index is 0.676. The first-order valence-corrected chi connectivity index (χ1v) is 6.58. The summed E-state index contributed by atoms with van der Waals surface area (Å²) in [5, 5.41) is 6.75. The third-order valence-corrected chi connectivity index (χ3v) is 3.07. The molecule has 0 aliphatic rings. The van der Waals surface area contributed by atoms with Crippen LogP contribution >= 0.6 is 0 Å². The largest absolute Gasteiger partial charge is 0.317 e. The minimum Gasteiger partial charge on any atom is -0.317 e. The Kier molecular flexibility index (Phi) is 10.4. The summed E-state index contributed by atoms with van der Waals surface area (Å²) in [4.78, 5) is 0. The number of hydrogen-bond acceptors (Lipinski definition) is 2. The quantitative estimate of drug-likeness (QED) is 0.546. The van der Waals surface area contributed by atoms with Crippen molar-refractivity contribution < 1.29 is 0 Å². The van der Waals surface area contributed by atoms with Gasteiger partial charge in [0.1, 0.15) is 0 Å². The molecule has 0 fully saturated rings. The molecule has 0 aromatic rings. The third kappa shape index (κ3) is 10.2. The molecule has 0 aliphatic carbocycles. The predicted molar refractivity (Wildman–Crippen MR) is 69.3 cm³/mol. The van der Waals surface area contributed by atoms with E-state index in [-0.39, 0.29) is 0 Å². The van der Waals surface area contributed by atoms with Crippen LogP contribution in [0.4, 0.5) is 0 Å². The van der Waals surface area contributed by atoms with Gasteiger partial charge in [0.2, 0.25) is 0 Å². The van der Waals surface area contributed by atoms with Gasteiger partial charge in [-0.15, -0.1) is 0 Å². The van der Waals surface area contributed by atoms with E-state index in [2.05, 4.69) is 31.4 Å². The van der Waals surface area contributed by atoms with Gasteiger partial charge in [-0.05, 0) is 52.2 Å². The number of nitrogens with one attached hydrogen (secondary N) is 2. The topological polar surface area (TPSA) is 24.1 Å². The van der Waals surface area contributed by atoms with Gasteiger partial charge in [0.15, 0.2) is 0 Å². The monoisotopic (exact) mass is 214 g/mol. The Hall–Kier alpha value is -0.0800. The number of rotatable bonds is 10. The molecule has 0 bridgehead atoms. The molecule has 0 heterocycles. The molecule has 92 valence electrons. The zero-order chi connectivity index (χ0) is 11.5. The van der Waals surface area contributed by atoms with E-state index >= 15 is 0 Å². The molecule has 0 saturated carbocycles. The van der Waals surface area contributed by atoms with Gasteiger partial charge in [-0.3, -0.25) is 0 Å². The van der Waals surface area contributed by atoms with E-state index in [1.165, 1.54) is 45.2 Å². The van der Waals surface area contributed by atoms with Crippen LogP contribution in [-0.2, 0) is 0 Å². The molecule has 0 spiro atoms. The van der Waals surface area contributed by atoms with Crippen LogP contribution in [0.25, 0.3) is 0 Å². The molecule has 0 aliphatic heterocycles. The van der Waals surface area contributed by atoms with Gasteiger partial charge in [0, 0.05) is 6.04 Å². The van der Waals surface area contributed by atoms with Gasteiger partial charge in [-0.1, -0.05) is 26.7 Å². The average molecular weight is 214 g/mol. The second kappa shape index (κ2) is 10.4. The Labute approximate surface area is 96.2 Å². The maximum Gasteiger partial charge on any atom is 0.00357 e. The summed E-state index contributed by atoms with van der Waals surface area (Å²) in [5.74, 6) is 0.874. The van der Waals surface area contributed by atoms with Crippen molar-refractivity contribution in [3.8, 4) is 0 Å². The second-order valence-corrected chi connectivity index (χ2v) is 4.76. The minimum atomic E-state index is 0.676. The normalized spacial score (nSPS) is 15.2. The Balaban J connectivity index is 3.21. The summed E-state index contributed by atoms with van der Waals surface area (Å²) in [6.07, 6.45) is 6.61. The lowest BCUT2D eigenvalue weighted by molar-refractivity contribution is 0.428. The molecule has 2 heteroatoms. The molecule has 0 aromatic carbocycles. The van der Waals surface area contributed by atoms with E-state index in [0.29, 0.717) is 6.04 Å². The summed E-state index contributed by atoms with van der Waals surface area (Å²) in [6.45, 7) is 9.21. The van der Waals surface area contributed by atoms with Crippen LogP contribution in [0.1, 0.15) is 52.9 Å². The van der Waals surface area contributed by atoms with Gasteiger partial charge in [-0.25, -0.2) is 0 Å². The van der Waals surface area contributed by atoms with Crippen LogP contribution in [0.3, 0.4) is 0 Å². The number of hydrogen-bond donors (Lipinski definition) is 2. The molecule has 2 unspecified atom stereocenters. The molecule has 2 N–H and O–H groups in total. The smallest absolute Gasteiger partial charge is 0.00357 e. The average Bonchev–Trinajstić information content (AvgIpc) is 2.24. The third-order valence-electron chi connectivity index (χ3n) is 3.07. The molecule has 2 atom stereocenters. The Morgan fingerprint density at radius 2 is 1.73 bits per heavy atom. The summed E-state index contributed by atoms with van der Waals surface area (Å²) < 4.78 is 0. The molecular weight excluding hydrogens is 184 g/mol. The molecule has 2 nitrogen and oxygen atoms in total. The fraction of sp³-hybridized carbons (Fsp3) is 1.00. The van der Waals surface area contributed by atoms with Crippen LogP contribution in [0.15, 0.2) is 0 Å². The maximum atomic E-state index is 3.46. The lowest BCUT2D eigenvalue weighted by Gasteiger charge is -2.14. The lowest BCUT2D eigenvalue weighted by atomic mass is 9.99. The fourth-order valence-corrected chi connectivity index (χ4v) is 1.71. The molecule has 0 amide bonds. The van der Waals surface area contributed by atoms with Crippen LogP contribution in [0.5, 0.6) is 0 Å². The Morgan fingerprint density at radius 1 is 1.00 bits per heavy atom. The molecule has 0 rings (SSSR count). The zero-order valence-corrected chi connectivity index (χ0v) is 11.1. The molecular formula is C13H30N2. The highest BCUT2D eigenvalue weighted by Gasteiger charge is 2.03. The van der Waals surface area contributed by atoms with Crippen molar-refractivity contribution in [2.75, 3.05) is 20.1 Å². The van der Waals surface area contributed by atoms with Crippen molar-refractivity contribution >= 4 is 0 Å². The van der Waals surface area contributed by atoms with E-state index < -0.39 is 0 Å². The fourth-order valence-electron chi connectivity index (χ4n) is 1.71. The Bertz CT molecular complexity index is 126. The molecule has 15 heavy (non-hydrogen) atoms. The van der Waals surface area contributed by atoms with Gasteiger partial charge in [0.05, 0.1) is 0 Å². The highest BCUT2D eigenvalue weighted by atomic mass is 14.8. The Morgan fingerprint density at radius 3 is 2.33 bits per heavy atom. The van der Waals surface area contributed by atoms with Crippen LogP contribution in [-0.4, -0.2) is 26.2 Å². The summed E-state index contributed by atoms with van der Waals surface area (Å²) in [6, 6.07) is 0.676.